The number of hydrogen-bond acceptors (Lipinski definition) is 2. The van der Waals surface area contributed by atoms with E-state index in [4.69, 9.17) is 22.9 Å². The second-order valence-corrected chi connectivity index (χ2v) is 2.94. The van der Waals surface area contributed by atoms with Crippen molar-refractivity contribution in [2.24, 2.45) is 32.9 Å². The van der Waals surface area contributed by atoms with E-state index in [1.807, 2.05) is 12.1 Å². The summed E-state index contributed by atoms with van der Waals surface area (Å²) in [5, 5.41) is 0. The predicted octanol–water partition coefficient (Wildman–Crippen LogP) is -0.635. The Labute approximate surface area is 87.7 Å². The van der Waals surface area contributed by atoms with Gasteiger partial charge in [-0.25, -0.2) is 9.98 Å². The van der Waals surface area contributed by atoms with E-state index in [1.165, 1.54) is 0 Å². The molecule has 0 aliphatic rings. The molecule has 0 saturated carbocycles. The van der Waals surface area contributed by atoms with Gasteiger partial charge in [0.1, 0.15) is 0 Å². The van der Waals surface area contributed by atoms with Crippen LogP contribution in [0.15, 0.2) is 34.3 Å². The van der Waals surface area contributed by atoms with Gasteiger partial charge < -0.3 is 22.9 Å². The Bertz CT molecular complexity index is 370. The van der Waals surface area contributed by atoms with Gasteiger partial charge in [0.15, 0.2) is 11.9 Å². The molecule has 1 aromatic carbocycles. The Morgan fingerprint density at radius 2 is 1.53 bits per heavy atom. The summed E-state index contributed by atoms with van der Waals surface area (Å²) >= 11 is 0. The molecule has 1 rings (SSSR count). The second-order valence-electron chi connectivity index (χ2n) is 2.94. The third-order valence-corrected chi connectivity index (χ3v) is 1.64. The molecular weight excluding hydrogens is 192 g/mol. The van der Waals surface area contributed by atoms with Crippen molar-refractivity contribution in [3.63, 3.8) is 0 Å². The van der Waals surface area contributed by atoms with E-state index in [-0.39, 0.29) is 11.9 Å². The zero-order valence-electron chi connectivity index (χ0n) is 8.22. The first kappa shape index (κ1) is 10.8. The number of nitrogens with zero attached hydrogens (tertiary/aromatic N) is 2. The average Bonchev–Trinajstić information content (AvgIpc) is 2.16. The number of hydrogen-bond donors (Lipinski definition) is 4. The number of nitrogens with two attached hydrogens (primary N) is 4. The molecule has 0 aliphatic heterocycles. The molecule has 0 aliphatic carbocycles. The first-order valence-corrected chi connectivity index (χ1v) is 4.32. The number of guanidine groups is 2. The van der Waals surface area contributed by atoms with Gasteiger partial charge in [0.05, 0.1) is 12.2 Å². The van der Waals surface area contributed by atoms with E-state index < -0.39 is 0 Å². The van der Waals surface area contributed by atoms with Crippen LogP contribution >= 0.6 is 0 Å². The molecule has 0 radical (unpaired) electrons. The van der Waals surface area contributed by atoms with Crippen LogP contribution in [-0.2, 0) is 6.54 Å². The van der Waals surface area contributed by atoms with Gasteiger partial charge in [0, 0.05) is 0 Å². The Balaban J connectivity index is 2.73. The van der Waals surface area contributed by atoms with Crippen LogP contribution in [0, 0.1) is 0 Å². The van der Waals surface area contributed by atoms with E-state index in [9.17, 15) is 0 Å². The quantitative estimate of drug-likeness (QED) is 0.387. The summed E-state index contributed by atoms with van der Waals surface area (Å²) in [4.78, 5) is 7.76. The highest BCUT2D eigenvalue weighted by Crippen LogP contribution is 2.12. The van der Waals surface area contributed by atoms with Crippen LogP contribution in [0.25, 0.3) is 0 Å². The standard InChI is InChI=1S/C9H14N6/c10-8(11)14-5-6-1-3-7(4-2-6)15-9(12)13/h1-4H,5H2,(H4,10,11,14)(H4,12,13,15). The van der Waals surface area contributed by atoms with Gasteiger partial charge in [-0.05, 0) is 17.7 Å². The lowest BCUT2D eigenvalue weighted by molar-refractivity contribution is 1.05. The van der Waals surface area contributed by atoms with Crippen molar-refractivity contribution in [2.75, 3.05) is 0 Å². The van der Waals surface area contributed by atoms with Crippen molar-refractivity contribution in [3.8, 4) is 0 Å². The lowest BCUT2D eigenvalue weighted by atomic mass is 10.2. The highest BCUT2D eigenvalue weighted by molar-refractivity contribution is 5.79. The van der Waals surface area contributed by atoms with Crippen LogP contribution < -0.4 is 22.9 Å². The Hall–Kier alpha value is -2.24. The minimum absolute atomic E-state index is 0.0342. The fourth-order valence-electron chi connectivity index (χ4n) is 1.01. The van der Waals surface area contributed by atoms with Gasteiger partial charge in [0.2, 0.25) is 0 Å². The van der Waals surface area contributed by atoms with Gasteiger partial charge in [0.25, 0.3) is 0 Å². The molecule has 0 heterocycles. The number of rotatable bonds is 3. The minimum atomic E-state index is 0.0342. The molecular formula is C9H14N6. The molecule has 15 heavy (non-hydrogen) atoms. The summed E-state index contributed by atoms with van der Waals surface area (Å²) in [6.45, 7) is 0.449. The molecule has 0 atom stereocenters. The van der Waals surface area contributed by atoms with Crippen molar-refractivity contribution in [1.82, 2.24) is 0 Å². The minimum Gasteiger partial charge on any atom is -0.370 e. The van der Waals surface area contributed by atoms with Gasteiger partial charge in [-0.1, -0.05) is 12.1 Å². The predicted molar refractivity (Wildman–Crippen MR) is 61.4 cm³/mol. The van der Waals surface area contributed by atoms with E-state index in [1.54, 1.807) is 12.1 Å². The highest BCUT2D eigenvalue weighted by Gasteiger charge is 1.93. The van der Waals surface area contributed by atoms with Crippen molar-refractivity contribution >= 4 is 17.6 Å². The number of benzene rings is 1. The van der Waals surface area contributed by atoms with Crippen LogP contribution in [-0.4, -0.2) is 11.9 Å². The summed E-state index contributed by atoms with van der Waals surface area (Å²) in [5.41, 5.74) is 22.6. The first-order valence-electron chi connectivity index (χ1n) is 4.32. The van der Waals surface area contributed by atoms with E-state index in [0.29, 0.717) is 12.2 Å². The van der Waals surface area contributed by atoms with Crippen LogP contribution in [0.4, 0.5) is 5.69 Å². The Morgan fingerprint density at radius 1 is 0.933 bits per heavy atom. The van der Waals surface area contributed by atoms with Crippen molar-refractivity contribution in [3.05, 3.63) is 29.8 Å². The lowest BCUT2D eigenvalue weighted by Crippen LogP contribution is -2.22. The van der Waals surface area contributed by atoms with E-state index in [2.05, 4.69) is 9.98 Å². The van der Waals surface area contributed by atoms with Crippen LogP contribution in [0.2, 0.25) is 0 Å². The molecule has 0 bridgehead atoms. The third-order valence-electron chi connectivity index (χ3n) is 1.64. The smallest absolute Gasteiger partial charge is 0.191 e. The fourth-order valence-corrected chi connectivity index (χ4v) is 1.01. The third kappa shape index (κ3) is 3.99. The summed E-state index contributed by atoms with van der Waals surface area (Å²) in [6, 6.07) is 7.29. The SMILES string of the molecule is NC(N)=NCc1ccc(N=C(N)N)cc1. The summed E-state index contributed by atoms with van der Waals surface area (Å²) < 4.78 is 0. The molecule has 6 heteroatoms. The molecule has 6 nitrogen and oxygen atoms in total. The number of aliphatic imine (C=N–C) groups is 2. The zero-order valence-corrected chi connectivity index (χ0v) is 8.22. The fraction of sp³-hybridized carbons (Fsp3) is 0.111. The molecule has 8 N–H and O–H groups in total. The topological polar surface area (TPSA) is 129 Å². The molecule has 80 valence electrons. The molecule has 0 fully saturated rings. The van der Waals surface area contributed by atoms with E-state index in [0.717, 1.165) is 5.56 Å². The Morgan fingerprint density at radius 3 is 2.00 bits per heavy atom. The maximum atomic E-state index is 5.23. The maximum absolute atomic E-state index is 5.23. The van der Waals surface area contributed by atoms with Gasteiger partial charge in [-0.2, -0.15) is 0 Å². The second kappa shape index (κ2) is 4.85. The summed E-state index contributed by atoms with van der Waals surface area (Å²) in [6.07, 6.45) is 0. The molecule has 0 unspecified atom stereocenters. The van der Waals surface area contributed by atoms with E-state index >= 15 is 0 Å². The first-order chi connectivity index (χ1) is 7.08. The van der Waals surface area contributed by atoms with Crippen LogP contribution in [0.1, 0.15) is 5.56 Å². The van der Waals surface area contributed by atoms with Gasteiger partial charge in [-0.3, -0.25) is 0 Å². The van der Waals surface area contributed by atoms with Gasteiger partial charge in [-0.15, -0.1) is 0 Å². The van der Waals surface area contributed by atoms with Gasteiger partial charge >= 0.3 is 0 Å². The Kier molecular flexibility index (Phi) is 3.50. The monoisotopic (exact) mass is 206 g/mol. The van der Waals surface area contributed by atoms with Crippen molar-refractivity contribution in [2.45, 2.75) is 6.54 Å². The molecule has 0 aromatic heterocycles. The molecule has 1 aromatic rings. The summed E-state index contributed by atoms with van der Waals surface area (Å²) in [7, 11) is 0. The van der Waals surface area contributed by atoms with Crippen molar-refractivity contribution in [1.29, 1.82) is 0 Å². The normalized spacial score (nSPS) is 9.33. The largest absolute Gasteiger partial charge is 0.370 e. The van der Waals surface area contributed by atoms with Crippen molar-refractivity contribution < 1.29 is 0 Å². The average molecular weight is 206 g/mol. The summed E-state index contributed by atoms with van der Waals surface area (Å²) in [5.74, 6) is 0.107. The molecule has 0 spiro atoms. The maximum Gasteiger partial charge on any atom is 0.191 e. The molecule has 0 amide bonds. The van der Waals surface area contributed by atoms with Crippen LogP contribution in [0.5, 0.6) is 0 Å². The highest BCUT2D eigenvalue weighted by atomic mass is 15.0. The zero-order chi connectivity index (χ0) is 11.3. The lowest BCUT2D eigenvalue weighted by Gasteiger charge is -1.98. The van der Waals surface area contributed by atoms with Crippen LogP contribution in [0.3, 0.4) is 0 Å². The molecule has 0 saturated heterocycles.